The zero-order valence-electron chi connectivity index (χ0n) is 19.6. The van der Waals surface area contributed by atoms with Crippen molar-refractivity contribution in [2.75, 3.05) is 13.2 Å². The molecule has 0 fully saturated rings. The standard InChI is InChI=1S/C21H36ClO6PSi/c1-10-25-29(24,26-11-2)16(4)20(23)27-15(3)18-14-17(12-13-19(18)22)28-30(8,9)21(5,6)7/h12-16H,10-11H2,1-9H3. The lowest BCUT2D eigenvalue weighted by Gasteiger charge is -2.36. The Labute approximate surface area is 187 Å². The molecular formula is C21H36ClO6PSi. The number of esters is 1. The average molecular weight is 479 g/mol. The molecule has 0 aliphatic carbocycles. The molecular weight excluding hydrogens is 443 g/mol. The topological polar surface area (TPSA) is 71.1 Å². The Bertz CT molecular complexity index is 767. The van der Waals surface area contributed by atoms with Gasteiger partial charge >= 0.3 is 13.6 Å². The summed E-state index contributed by atoms with van der Waals surface area (Å²) in [5.41, 5.74) is -0.429. The van der Waals surface area contributed by atoms with Crippen LogP contribution in [0.5, 0.6) is 5.75 Å². The van der Waals surface area contributed by atoms with Gasteiger partial charge in [-0.3, -0.25) is 9.36 Å². The van der Waals surface area contributed by atoms with Crippen molar-refractivity contribution in [2.24, 2.45) is 0 Å². The molecule has 0 saturated carbocycles. The predicted molar refractivity (Wildman–Crippen MR) is 124 cm³/mol. The van der Waals surface area contributed by atoms with Crippen LogP contribution in [0.4, 0.5) is 0 Å². The van der Waals surface area contributed by atoms with Crippen molar-refractivity contribution in [2.45, 2.75) is 78.4 Å². The van der Waals surface area contributed by atoms with E-state index < -0.39 is 33.6 Å². The molecule has 2 atom stereocenters. The first kappa shape index (κ1) is 27.2. The van der Waals surface area contributed by atoms with Gasteiger partial charge in [-0.1, -0.05) is 32.4 Å². The molecule has 9 heteroatoms. The van der Waals surface area contributed by atoms with Gasteiger partial charge in [0.05, 0.1) is 13.2 Å². The highest BCUT2D eigenvalue weighted by Gasteiger charge is 2.40. The molecule has 0 radical (unpaired) electrons. The second-order valence-corrected chi connectivity index (χ2v) is 16.2. The van der Waals surface area contributed by atoms with Crippen molar-refractivity contribution >= 4 is 33.5 Å². The Morgan fingerprint density at radius 1 is 1.13 bits per heavy atom. The molecule has 0 bridgehead atoms. The Kier molecular flexibility index (Phi) is 9.64. The number of halogens is 1. The fourth-order valence-corrected chi connectivity index (χ4v) is 5.28. The third-order valence-electron chi connectivity index (χ3n) is 5.31. The van der Waals surface area contributed by atoms with Crippen LogP contribution in [0.25, 0.3) is 0 Å². The Morgan fingerprint density at radius 2 is 1.67 bits per heavy atom. The molecule has 1 aromatic rings. The SMILES string of the molecule is CCOP(=O)(OCC)C(C)C(=O)OC(C)c1cc(O[Si](C)(C)C(C)(C)C)ccc1Cl. The molecule has 0 amide bonds. The minimum absolute atomic E-state index is 0.0417. The second-order valence-electron chi connectivity index (χ2n) is 8.68. The summed E-state index contributed by atoms with van der Waals surface area (Å²) in [6, 6.07) is 5.36. The fraction of sp³-hybridized carbons (Fsp3) is 0.667. The summed E-state index contributed by atoms with van der Waals surface area (Å²) in [7, 11) is -5.64. The van der Waals surface area contributed by atoms with E-state index in [0.29, 0.717) is 16.3 Å². The van der Waals surface area contributed by atoms with E-state index in [1.807, 2.05) is 6.07 Å². The van der Waals surface area contributed by atoms with E-state index in [-0.39, 0.29) is 18.3 Å². The van der Waals surface area contributed by atoms with E-state index in [2.05, 4.69) is 33.9 Å². The van der Waals surface area contributed by atoms with Gasteiger partial charge in [-0.2, -0.15) is 0 Å². The fourth-order valence-electron chi connectivity index (χ4n) is 2.43. The summed E-state index contributed by atoms with van der Waals surface area (Å²) in [5, 5.41) is 0.503. The van der Waals surface area contributed by atoms with Crippen molar-refractivity contribution < 1.29 is 27.6 Å². The summed E-state index contributed by atoms with van der Waals surface area (Å²) in [5.74, 6) is 0.0192. The van der Waals surface area contributed by atoms with Crippen molar-refractivity contribution in [3.05, 3.63) is 28.8 Å². The third-order valence-corrected chi connectivity index (χ3v) is 12.4. The van der Waals surface area contributed by atoms with Gasteiger partial charge in [-0.25, -0.2) is 0 Å². The van der Waals surface area contributed by atoms with Crippen LogP contribution in [0.3, 0.4) is 0 Å². The van der Waals surface area contributed by atoms with Gasteiger partial charge in [0.25, 0.3) is 0 Å². The van der Waals surface area contributed by atoms with Crippen molar-refractivity contribution in [1.29, 1.82) is 0 Å². The van der Waals surface area contributed by atoms with Crippen LogP contribution in [-0.2, 0) is 23.1 Å². The predicted octanol–water partition coefficient (Wildman–Crippen LogP) is 6.98. The highest BCUT2D eigenvalue weighted by molar-refractivity contribution is 7.55. The van der Waals surface area contributed by atoms with E-state index in [1.54, 1.807) is 32.9 Å². The second kappa shape index (κ2) is 10.6. The Balaban J connectivity index is 3.04. The van der Waals surface area contributed by atoms with Crippen LogP contribution in [0, 0.1) is 0 Å². The molecule has 0 aliphatic rings. The van der Waals surface area contributed by atoms with E-state index in [9.17, 15) is 9.36 Å². The van der Waals surface area contributed by atoms with Crippen LogP contribution >= 0.6 is 19.2 Å². The number of benzene rings is 1. The maximum absolute atomic E-state index is 12.9. The van der Waals surface area contributed by atoms with Gasteiger partial charge in [-0.05, 0) is 64.0 Å². The average Bonchev–Trinajstić information content (AvgIpc) is 2.61. The smallest absolute Gasteiger partial charge is 0.344 e. The molecule has 6 nitrogen and oxygen atoms in total. The molecule has 0 spiro atoms. The first-order valence-electron chi connectivity index (χ1n) is 10.3. The largest absolute Gasteiger partial charge is 0.543 e. The minimum atomic E-state index is -3.61. The Hall–Kier alpha value is -0.853. The molecule has 0 aliphatic heterocycles. The summed E-state index contributed by atoms with van der Waals surface area (Å²) >= 11 is 6.36. The summed E-state index contributed by atoms with van der Waals surface area (Å²) in [6.07, 6.45) is -0.660. The monoisotopic (exact) mass is 478 g/mol. The van der Waals surface area contributed by atoms with Crippen molar-refractivity contribution in [1.82, 2.24) is 0 Å². The molecule has 0 N–H and O–H groups in total. The van der Waals surface area contributed by atoms with Crippen molar-refractivity contribution in [3.8, 4) is 5.75 Å². The molecule has 0 heterocycles. The lowest BCUT2D eigenvalue weighted by molar-refractivity contribution is -0.148. The maximum atomic E-state index is 12.9. The van der Waals surface area contributed by atoms with Gasteiger partial charge in [-0.15, -0.1) is 0 Å². The number of carbonyl (C=O) groups is 1. The van der Waals surface area contributed by atoms with Gasteiger partial charge in [0.15, 0.2) is 5.66 Å². The lowest BCUT2D eigenvalue weighted by atomic mass is 10.1. The van der Waals surface area contributed by atoms with Crippen LogP contribution < -0.4 is 4.43 Å². The lowest BCUT2D eigenvalue weighted by Crippen LogP contribution is -2.43. The van der Waals surface area contributed by atoms with E-state index in [0.717, 1.165) is 0 Å². The number of ether oxygens (including phenoxy) is 1. The molecule has 172 valence electrons. The van der Waals surface area contributed by atoms with Gasteiger partial charge in [0.2, 0.25) is 8.32 Å². The molecule has 1 rings (SSSR count). The highest BCUT2D eigenvalue weighted by Crippen LogP contribution is 2.53. The quantitative estimate of drug-likeness (QED) is 0.205. The first-order valence-corrected chi connectivity index (χ1v) is 15.2. The molecule has 2 unspecified atom stereocenters. The number of rotatable bonds is 10. The van der Waals surface area contributed by atoms with Gasteiger partial charge in [0, 0.05) is 10.6 Å². The molecule has 0 saturated heterocycles. The summed E-state index contributed by atoms with van der Waals surface area (Å²) in [4.78, 5) is 12.7. The van der Waals surface area contributed by atoms with E-state index >= 15 is 0 Å². The van der Waals surface area contributed by atoms with Gasteiger partial charge in [0.1, 0.15) is 11.9 Å². The third kappa shape index (κ3) is 6.83. The molecule has 1 aromatic carbocycles. The minimum Gasteiger partial charge on any atom is -0.543 e. The zero-order valence-corrected chi connectivity index (χ0v) is 22.2. The van der Waals surface area contributed by atoms with Crippen LogP contribution in [0.2, 0.25) is 23.2 Å². The number of hydrogen-bond acceptors (Lipinski definition) is 6. The number of carbonyl (C=O) groups excluding carboxylic acids is 1. The maximum Gasteiger partial charge on any atom is 0.344 e. The van der Waals surface area contributed by atoms with E-state index in [1.165, 1.54) is 6.92 Å². The molecule has 30 heavy (non-hydrogen) atoms. The number of hydrogen-bond donors (Lipinski definition) is 0. The van der Waals surface area contributed by atoms with Crippen LogP contribution in [-0.4, -0.2) is 33.2 Å². The Morgan fingerprint density at radius 3 is 2.13 bits per heavy atom. The zero-order chi connectivity index (χ0) is 23.3. The highest BCUT2D eigenvalue weighted by atomic mass is 35.5. The molecule has 0 aromatic heterocycles. The normalized spacial score (nSPS) is 14.9. The van der Waals surface area contributed by atoms with Crippen LogP contribution in [0.1, 0.15) is 60.1 Å². The van der Waals surface area contributed by atoms with Crippen LogP contribution in [0.15, 0.2) is 18.2 Å². The van der Waals surface area contributed by atoms with E-state index in [4.69, 9.17) is 29.8 Å². The summed E-state index contributed by atoms with van der Waals surface area (Å²) in [6.45, 7) is 17.7. The first-order chi connectivity index (χ1) is 13.7. The van der Waals surface area contributed by atoms with Crippen molar-refractivity contribution in [3.63, 3.8) is 0 Å². The van der Waals surface area contributed by atoms with Gasteiger partial charge < -0.3 is 18.2 Å². The summed E-state index contributed by atoms with van der Waals surface area (Å²) < 4.78 is 35.3.